The van der Waals surface area contributed by atoms with Gasteiger partial charge in [-0.3, -0.25) is 14.7 Å². The first-order valence-corrected chi connectivity index (χ1v) is 9.29. The molecule has 1 saturated carbocycles. The first-order chi connectivity index (χ1) is 12.3. The number of para-hydroxylation sites is 1. The van der Waals surface area contributed by atoms with E-state index < -0.39 is 0 Å². The summed E-state index contributed by atoms with van der Waals surface area (Å²) in [6.07, 6.45) is 7.15. The zero-order valence-electron chi connectivity index (χ0n) is 14.4. The monoisotopic (exact) mass is 333 g/mol. The highest BCUT2D eigenvalue weighted by molar-refractivity contribution is 6.08. The lowest BCUT2D eigenvalue weighted by atomic mass is 9.81. The first kappa shape index (κ1) is 15.1. The Morgan fingerprint density at radius 2 is 1.92 bits per heavy atom. The molecule has 3 aliphatic rings. The average molecular weight is 333 g/mol. The van der Waals surface area contributed by atoms with E-state index in [1.165, 1.54) is 24.0 Å². The summed E-state index contributed by atoms with van der Waals surface area (Å²) in [5.74, 6) is 1.04. The zero-order valence-corrected chi connectivity index (χ0v) is 14.4. The molecule has 0 bridgehead atoms. The number of benzene rings is 1. The number of likely N-dealkylation sites (tertiary alicyclic amines) is 1. The molecule has 0 radical (unpaired) electrons. The summed E-state index contributed by atoms with van der Waals surface area (Å²) >= 11 is 0. The molecule has 2 aliphatic heterocycles. The Labute approximate surface area is 148 Å². The molecule has 0 N–H and O–H groups in total. The molecule has 5 rings (SSSR count). The lowest BCUT2D eigenvalue weighted by molar-refractivity contribution is -0.122. The fourth-order valence-corrected chi connectivity index (χ4v) is 4.50. The van der Waals surface area contributed by atoms with Crippen LogP contribution in [0, 0.1) is 5.92 Å². The van der Waals surface area contributed by atoms with E-state index in [1.54, 1.807) is 0 Å². The van der Waals surface area contributed by atoms with Crippen LogP contribution in [0.5, 0.6) is 0 Å². The SMILES string of the molecule is O=C1N(CC2CC2)c2ccccc2[C@@]12CCN(Cc1ccncc1)C2. The zero-order chi connectivity index (χ0) is 16.9. The molecular formula is C21H23N3O. The standard InChI is InChI=1S/C21H23N3O/c25-20-21(9-12-23(15-21)13-17-7-10-22-11-8-17)18-3-1-2-4-19(18)24(20)14-16-5-6-16/h1-4,7-8,10-11,16H,5-6,9,12-15H2/t21-/m0/s1. The highest BCUT2D eigenvalue weighted by Crippen LogP contribution is 2.48. The molecule has 1 spiro atoms. The van der Waals surface area contributed by atoms with Gasteiger partial charge >= 0.3 is 0 Å². The van der Waals surface area contributed by atoms with E-state index >= 15 is 0 Å². The summed E-state index contributed by atoms with van der Waals surface area (Å²) in [4.78, 5) is 22.0. The minimum Gasteiger partial charge on any atom is -0.311 e. The second kappa shape index (κ2) is 5.67. The van der Waals surface area contributed by atoms with Crippen molar-refractivity contribution in [3.63, 3.8) is 0 Å². The smallest absolute Gasteiger partial charge is 0.239 e. The lowest BCUT2D eigenvalue weighted by Crippen LogP contribution is -2.43. The second-order valence-corrected chi connectivity index (χ2v) is 7.77. The van der Waals surface area contributed by atoms with E-state index in [1.807, 2.05) is 12.4 Å². The number of pyridine rings is 1. The maximum absolute atomic E-state index is 13.4. The van der Waals surface area contributed by atoms with Crippen LogP contribution in [-0.2, 0) is 16.8 Å². The quantitative estimate of drug-likeness (QED) is 0.863. The van der Waals surface area contributed by atoms with Crippen molar-refractivity contribution in [1.82, 2.24) is 9.88 Å². The summed E-state index contributed by atoms with van der Waals surface area (Å²) < 4.78 is 0. The van der Waals surface area contributed by atoms with Gasteiger partial charge < -0.3 is 4.90 Å². The van der Waals surface area contributed by atoms with Gasteiger partial charge in [-0.25, -0.2) is 0 Å². The fourth-order valence-electron chi connectivity index (χ4n) is 4.50. The van der Waals surface area contributed by atoms with Crippen LogP contribution in [0.15, 0.2) is 48.8 Å². The van der Waals surface area contributed by atoms with E-state index in [4.69, 9.17) is 0 Å². The van der Waals surface area contributed by atoms with Crippen LogP contribution < -0.4 is 4.90 Å². The van der Waals surface area contributed by atoms with Gasteiger partial charge in [-0.2, -0.15) is 0 Å². The fraction of sp³-hybridized carbons (Fsp3) is 0.429. The molecule has 1 aromatic heterocycles. The highest BCUT2D eigenvalue weighted by atomic mass is 16.2. The molecule has 1 aliphatic carbocycles. The maximum atomic E-state index is 13.4. The number of hydrogen-bond donors (Lipinski definition) is 0. The van der Waals surface area contributed by atoms with Crippen LogP contribution in [0.1, 0.15) is 30.4 Å². The van der Waals surface area contributed by atoms with Gasteiger partial charge in [0.05, 0.1) is 5.41 Å². The molecule has 3 heterocycles. The molecule has 1 aromatic carbocycles. The predicted octanol–water partition coefficient (Wildman–Crippen LogP) is 2.98. The molecule has 25 heavy (non-hydrogen) atoms. The Kier molecular flexibility index (Phi) is 3.42. The average Bonchev–Trinajstić information content (AvgIpc) is 3.33. The largest absolute Gasteiger partial charge is 0.311 e. The molecule has 1 amide bonds. The molecule has 1 saturated heterocycles. The molecule has 1 atom stereocenters. The molecule has 4 heteroatoms. The molecule has 2 aromatic rings. The van der Waals surface area contributed by atoms with Crippen molar-refractivity contribution in [3.05, 3.63) is 59.9 Å². The van der Waals surface area contributed by atoms with Crippen molar-refractivity contribution in [3.8, 4) is 0 Å². The van der Waals surface area contributed by atoms with Crippen molar-refractivity contribution in [2.24, 2.45) is 5.92 Å². The maximum Gasteiger partial charge on any atom is 0.239 e. The number of rotatable bonds is 4. The molecule has 4 nitrogen and oxygen atoms in total. The second-order valence-electron chi connectivity index (χ2n) is 7.77. The lowest BCUT2D eigenvalue weighted by Gasteiger charge is -2.24. The Morgan fingerprint density at radius 1 is 1.12 bits per heavy atom. The molecule has 2 fully saturated rings. The summed E-state index contributed by atoms with van der Waals surface area (Å²) in [5, 5.41) is 0. The van der Waals surface area contributed by atoms with E-state index in [0.717, 1.165) is 38.3 Å². The van der Waals surface area contributed by atoms with Crippen molar-refractivity contribution in [2.45, 2.75) is 31.2 Å². The Bertz CT molecular complexity index is 802. The first-order valence-electron chi connectivity index (χ1n) is 9.29. The van der Waals surface area contributed by atoms with Gasteiger partial charge in [-0.1, -0.05) is 18.2 Å². The highest BCUT2D eigenvalue weighted by Gasteiger charge is 2.54. The van der Waals surface area contributed by atoms with E-state index in [9.17, 15) is 4.79 Å². The van der Waals surface area contributed by atoms with Gasteiger partial charge in [0.2, 0.25) is 5.91 Å². The number of aromatic nitrogens is 1. The number of carbonyl (C=O) groups is 1. The van der Waals surface area contributed by atoms with Crippen molar-refractivity contribution >= 4 is 11.6 Å². The topological polar surface area (TPSA) is 36.4 Å². The van der Waals surface area contributed by atoms with Crippen molar-refractivity contribution < 1.29 is 4.79 Å². The third-order valence-corrected chi connectivity index (χ3v) is 6.01. The molecule has 128 valence electrons. The minimum absolute atomic E-state index is 0.331. The van der Waals surface area contributed by atoms with Crippen LogP contribution in [0.3, 0.4) is 0 Å². The van der Waals surface area contributed by atoms with Gasteiger partial charge in [-0.15, -0.1) is 0 Å². The van der Waals surface area contributed by atoms with Gasteiger partial charge in [0.15, 0.2) is 0 Å². The van der Waals surface area contributed by atoms with Crippen molar-refractivity contribution in [1.29, 1.82) is 0 Å². The number of carbonyl (C=O) groups excluding carboxylic acids is 1. The number of nitrogens with zero attached hydrogens (tertiary/aromatic N) is 3. The van der Waals surface area contributed by atoms with Crippen LogP contribution in [0.2, 0.25) is 0 Å². The van der Waals surface area contributed by atoms with Gasteiger partial charge in [0, 0.05) is 37.7 Å². The normalized spacial score (nSPS) is 25.8. The Balaban J connectivity index is 1.43. The van der Waals surface area contributed by atoms with Gasteiger partial charge in [0.1, 0.15) is 0 Å². The molecule has 0 unspecified atom stereocenters. The Morgan fingerprint density at radius 3 is 2.72 bits per heavy atom. The summed E-state index contributed by atoms with van der Waals surface area (Å²) in [5.41, 5.74) is 3.34. The summed E-state index contributed by atoms with van der Waals surface area (Å²) in [7, 11) is 0. The third-order valence-electron chi connectivity index (χ3n) is 6.01. The molecular weight excluding hydrogens is 310 g/mol. The van der Waals surface area contributed by atoms with E-state index in [-0.39, 0.29) is 5.41 Å². The minimum atomic E-state index is -0.335. The van der Waals surface area contributed by atoms with E-state index in [0.29, 0.717) is 11.8 Å². The number of anilines is 1. The number of fused-ring (bicyclic) bond motifs is 2. The van der Waals surface area contributed by atoms with Crippen molar-refractivity contribution in [2.75, 3.05) is 24.5 Å². The van der Waals surface area contributed by atoms with Crippen LogP contribution in [0.25, 0.3) is 0 Å². The van der Waals surface area contributed by atoms with Crippen LogP contribution >= 0.6 is 0 Å². The third kappa shape index (κ3) is 2.47. The van der Waals surface area contributed by atoms with E-state index in [2.05, 4.69) is 51.2 Å². The van der Waals surface area contributed by atoms with Crippen LogP contribution in [0.4, 0.5) is 5.69 Å². The van der Waals surface area contributed by atoms with Gasteiger partial charge in [0.25, 0.3) is 0 Å². The number of hydrogen-bond acceptors (Lipinski definition) is 3. The van der Waals surface area contributed by atoms with Crippen LogP contribution in [-0.4, -0.2) is 35.4 Å². The number of amides is 1. The summed E-state index contributed by atoms with van der Waals surface area (Å²) in [6, 6.07) is 12.6. The predicted molar refractivity (Wildman–Crippen MR) is 97.3 cm³/mol. The van der Waals surface area contributed by atoms with Gasteiger partial charge in [-0.05, 0) is 61.1 Å². The summed E-state index contributed by atoms with van der Waals surface area (Å²) in [6.45, 7) is 3.59. The Hall–Kier alpha value is -2.20.